The molecule has 0 atom stereocenters. The molecule has 0 N–H and O–H groups in total. The molecule has 1 nitrogen and oxygen atoms in total. The van der Waals surface area contributed by atoms with Crippen LogP contribution in [0.2, 0.25) is 0 Å². The lowest BCUT2D eigenvalue weighted by Gasteiger charge is -2.27. The molecule has 0 aromatic carbocycles. The summed E-state index contributed by atoms with van der Waals surface area (Å²) in [5.41, 5.74) is 0. The van der Waals surface area contributed by atoms with E-state index >= 15 is 0 Å². The van der Waals surface area contributed by atoms with Crippen molar-refractivity contribution in [2.75, 3.05) is 13.1 Å². The molecule has 0 aliphatic heterocycles. The fourth-order valence-corrected chi connectivity index (χ4v) is 1.29. The third kappa shape index (κ3) is 5.36. The zero-order valence-corrected chi connectivity index (χ0v) is 9.01. The number of rotatable bonds is 6. The molecule has 0 aromatic heterocycles. The van der Waals surface area contributed by atoms with Gasteiger partial charge < -0.3 is 4.90 Å². The predicted octanol–water partition coefficient (Wildman–Crippen LogP) is 2.93. The first-order valence-electron chi connectivity index (χ1n) is 4.92. The Balaban J connectivity index is 3.77. The second-order valence-corrected chi connectivity index (χ2v) is 4.06. The lowest BCUT2D eigenvalue weighted by Crippen LogP contribution is -2.34. The summed E-state index contributed by atoms with van der Waals surface area (Å²) >= 11 is 0. The number of hydrogen-bond acceptors (Lipinski definition) is 1. The Hall–Kier alpha value is -0.300. The molecule has 0 aromatic rings. The van der Waals surface area contributed by atoms with Gasteiger partial charge in [0.25, 0.3) is 0 Å². The molecule has 12 heavy (non-hydrogen) atoms. The highest BCUT2D eigenvalue weighted by Gasteiger charge is 2.09. The molecule has 0 amide bonds. The summed E-state index contributed by atoms with van der Waals surface area (Å²) in [5, 5.41) is 0. The van der Waals surface area contributed by atoms with Gasteiger partial charge in [0, 0.05) is 19.1 Å². The van der Waals surface area contributed by atoms with E-state index < -0.39 is 0 Å². The van der Waals surface area contributed by atoms with Crippen LogP contribution in [0.3, 0.4) is 0 Å². The fourth-order valence-electron chi connectivity index (χ4n) is 1.29. The molecular formula is C11H23N. The number of hydrogen-bond donors (Lipinski definition) is 0. The van der Waals surface area contributed by atoms with E-state index in [9.17, 15) is 0 Å². The molecule has 0 unspecified atom stereocenters. The van der Waals surface area contributed by atoms with Gasteiger partial charge in [-0.3, -0.25) is 0 Å². The molecule has 1 heteroatoms. The van der Waals surface area contributed by atoms with Crippen molar-refractivity contribution in [3.63, 3.8) is 0 Å². The minimum absolute atomic E-state index is 0.660. The van der Waals surface area contributed by atoms with E-state index in [1.54, 1.807) is 0 Å². The van der Waals surface area contributed by atoms with Gasteiger partial charge in [-0.25, -0.2) is 0 Å². The number of nitrogens with zero attached hydrogens (tertiary/aromatic N) is 1. The van der Waals surface area contributed by atoms with Gasteiger partial charge >= 0.3 is 0 Å². The lowest BCUT2D eigenvalue weighted by molar-refractivity contribution is 0.201. The van der Waals surface area contributed by atoms with Crippen molar-refractivity contribution in [2.45, 2.75) is 40.2 Å². The van der Waals surface area contributed by atoms with Crippen molar-refractivity contribution in [3.8, 4) is 0 Å². The maximum atomic E-state index is 3.74. The largest absolute Gasteiger partial charge is 0.300 e. The van der Waals surface area contributed by atoms with Crippen LogP contribution in [0.4, 0.5) is 0 Å². The highest BCUT2D eigenvalue weighted by molar-refractivity contribution is 4.72. The Bertz CT molecular complexity index is 116. The smallest absolute Gasteiger partial charge is 0.00388 e. The van der Waals surface area contributed by atoms with Crippen LogP contribution in [0.5, 0.6) is 0 Å². The Morgan fingerprint density at radius 2 is 1.83 bits per heavy atom. The summed E-state index contributed by atoms with van der Waals surface area (Å²) in [5.74, 6) is 0.761. The maximum absolute atomic E-state index is 3.74. The first kappa shape index (κ1) is 11.7. The minimum Gasteiger partial charge on any atom is -0.300 e. The van der Waals surface area contributed by atoms with Gasteiger partial charge in [-0.15, -0.1) is 6.58 Å². The van der Waals surface area contributed by atoms with Crippen molar-refractivity contribution < 1.29 is 0 Å². The summed E-state index contributed by atoms with van der Waals surface area (Å²) in [4.78, 5) is 2.51. The van der Waals surface area contributed by atoms with Crippen molar-refractivity contribution in [3.05, 3.63) is 12.7 Å². The molecule has 0 fully saturated rings. The van der Waals surface area contributed by atoms with Crippen LogP contribution >= 0.6 is 0 Å². The second-order valence-electron chi connectivity index (χ2n) is 4.06. The molecule has 0 rings (SSSR count). The monoisotopic (exact) mass is 169 g/mol. The van der Waals surface area contributed by atoms with Gasteiger partial charge in [0.2, 0.25) is 0 Å². The molecule has 0 spiro atoms. The SMILES string of the molecule is C=CCCN(CC(C)C)C(C)C. The zero-order chi connectivity index (χ0) is 9.56. The van der Waals surface area contributed by atoms with Crippen LogP contribution in [0.1, 0.15) is 34.1 Å². The third-order valence-corrected chi connectivity index (χ3v) is 1.95. The van der Waals surface area contributed by atoms with E-state index in [0.29, 0.717) is 6.04 Å². The quantitative estimate of drug-likeness (QED) is 0.553. The van der Waals surface area contributed by atoms with Crippen LogP contribution in [0, 0.1) is 5.92 Å². The average Bonchev–Trinajstić information content (AvgIpc) is 1.96. The standard InChI is InChI=1S/C11H23N/c1-6-7-8-12(11(4)5)9-10(2)3/h6,10-11H,1,7-9H2,2-5H3. The Kier molecular flexibility index (Phi) is 6.09. The van der Waals surface area contributed by atoms with Crippen molar-refractivity contribution in [2.24, 2.45) is 5.92 Å². The molecule has 0 aliphatic carbocycles. The summed E-state index contributed by atoms with van der Waals surface area (Å²) < 4.78 is 0. The maximum Gasteiger partial charge on any atom is 0.00388 e. The van der Waals surface area contributed by atoms with Gasteiger partial charge in [-0.1, -0.05) is 19.9 Å². The summed E-state index contributed by atoms with van der Waals surface area (Å²) in [7, 11) is 0. The van der Waals surface area contributed by atoms with Gasteiger partial charge in [-0.2, -0.15) is 0 Å². The van der Waals surface area contributed by atoms with E-state index in [2.05, 4.69) is 39.2 Å². The highest BCUT2D eigenvalue weighted by atomic mass is 15.1. The van der Waals surface area contributed by atoms with E-state index in [-0.39, 0.29) is 0 Å². The highest BCUT2D eigenvalue weighted by Crippen LogP contribution is 2.04. The molecule has 0 radical (unpaired) electrons. The van der Waals surface area contributed by atoms with Crippen LogP contribution in [-0.2, 0) is 0 Å². The van der Waals surface area contributed by atoms with Crippen molar-refractivity contribution in [1.82, 2.24) is 4.90 Å². The molecule has 0 saturated heterocycles. The Morgan fingerprint density at radius 3 is 2.17 bits per heavy atom. The van der Waals surface area contributed by atoms with E-state index in [1.807, 2.05) is 6.08 Å². The van der Waals surface area contributed by atoms with E-state index in [1.165, 1.54) is 6.54 Å². The normalized spacial score (nSPS) is 11.6. The van der Waals surface area contributed by atoms with E-state index in [0.717, 1.165) is 18.9 Å². The van der Waals surface area contributed by atoms with Crippen LogP contribution in [0.25, 0.3) is 0 Å². The summed E-state index contributed by atoms with van der Waals surface area (Å²) in [6, 6.07) is 0.660. The third-order valence-electron chi connectivity index (χ3n) is 1.95. The molecule has 72 valence electrons. The Morgan fingerprint density at radius 1 is 1.25 bits per heavy atom. The predicted molar refractivity (Wildman–Crippen MR) is 56.4 cm³/mol. The van der Waals surface area contributed by atoms with Gasteiger partial charge in [0.15, 0.2) is 0 Å². The van der Waals surface area contributed by atoms with Crippen LogP contribution in [-0.4, -0.2) is 24.0 Å². The molecule has 0 aliphatic rings. The fraction of sp³-hybridized carbons (Fsp3) is 0.818. The van der Waals surface area contributed by atoms with Gasteiger partial charge in [0.05, 0.1) is 0 Å². The first-order valence-corrected chi connectivity index (χ1v) is 4.92. The average molecular weight is 169 g/mol. The van der Waals surface area contributed by atoms with Crippen LogP contribution in [0.15, 0.2) is 12.7 Å². The zero-order valence-electron chi connectivity index (χ0n) is 9.01. The summed E-state index contributed by atoms with van der Waals surface area (Å²) in [6.07, 6.45) is 3.10. The molecule has 0 saturated carbocycles. The van der Waals surface area contributed by atoms with Gasteiger partial charge in [-0.05, 0) is 26.2 Å². The van der Waals surface area contributed by atoms with Crippen molar-refractivity contribution >= 4 is 0 Å². The first-order chi connectivity index (χ1) is 5.57. The summed E-state index contributed by atoms with van der Waals surface area (Å²) in [6.45, 7) is 15.1. The minimum atomic E-state index is 0.660. The molecule has 0 bridgehead atoms. The van der Waals surface area contributed by atoms with Gasteiger partial charge in [0.1, 0.15) is 0 Å². The second kappa shape index (κ2) is 6.24. The van der Waals surface area contributed by atoms with Crippen LogP contribution < -0.4 is 0 Å². The Labute approximate surface area is 77.5 Å². The van der Waals surface area contributed by atoms with Crippen molar-refractivity contribution in [1.29, 1.82) is 0 Å². The van der Waals surface area contributed by atoms with E-state index in [4.69, 9.17) is 0 Å². The molecule has 0 heterocycles. The lowest BCUT2D eigenvalue weighted by atomic mass is 10.1. The topological polar surface area (TPSA) is 3.24 Å². The molecular weight excluding hydrogens is 146 g/mol.